The Hall–Kier alpha value is -1.56. The number of nitrogens with zero attached hydrogens (tertiary/aromatic N) is 2. The number of carbonyl (C=O) groups excluding carboxylic acids is 1. The van der Waals surface area contributed by atoms with E-state index in [1.54, 1.807) is 13.1 Å². The Balaban J connectivity index is 1.83. The minimum absolute atomic E-state index is 0.218. The van der Waals surface area contributed by atoms with Crippen LogP contribution in [0.3, 0.4) is 0 Å². The standard InChI is InChI=1S/C14H21N3O3/c1-3-19-13(18)10-8-17-11(6-7-15-14(17)16-10)12-5-4-9(2)20-12/h8-9,11-12H,3-7H2,1-2H3,(H,15,16). The van der Waals surface area contributed by atoms with Crippen molar-refractivity contribution in [3.63, 3.8) is 0 Å². The molecule has 0 bridgehead atoms. The molecule has 3 unspecified atom stereocenters. The zero-order valence-corrected chi connectivity index (χ0v) is 12.0. The van der Waals surface area contributed by atoms with Crippen LogP contribution in [0.2, 0.25) is 0 Å². The van der Waals surface area contributed by atoms with Gasteiger partial charge < -0.3 is 19.4 Å². The lowest BCUT2D eigenvalue weighted by Gasteiger charge is -2.30. The summed E-state index contributed by atoms with van der Waals surface area (Å²) in [6.07, 6.45) is 5.49. The molecule has 2 aliphatic rings. The molecule has 1 fully saturated rings. The maximum atomic E-state index is 11.8. The molecule has 1 aromatic rings. The predicted octanol–water partition coefficient (Wildman–Crippen LogP) is 1.98. The van der Waals surface area contributed by atoms with Gasteiger partial charge in [-0.3, -0.25) is 0 Å². The third kappa shape index (κ3) is 2.40. The average Bonchev–Trinajstić information content (AvgIpc) is 3.04. The summed E-state index contributed by atoms with van der Waals surface area (Å²) in [4.78, 5) is 16.1. The number of nitrogens with one attached hydrogen (secondary N) is 1. The van der Waals surface area contributed by atoms with Crippen molar-refractivity contribution < 1.29 is 14.3 Å². The van der Waals surface area contributed by atoms with E-state index >= 15 is 0 Å². The van der Waals surface area contributed by atoms with Crippen molar-refractivity contribution in [2.24, 2.45) is 0 Å². The Kier molecular flexibility index (Phi) is 3.65. The zero-order valence-electron chi connectivity index (χ0n) is 12.0. The number of carbonyl (C=O) groups is 1. The molecule has 0 aromatic carbocycles. The lowest BCUT2D eigenvalue weighted by molar-refractivity contribution is 0.0204. The van der Waals surface area contributed by atoms with Crippen LogP contribution < -0.4 is 5.32 Å². The third-order valence-corrected chi connectivity index (χ3v) is 3.99. The Morgan fingerprint density at radius 3 is 3.10 bits per heavy atom. The molecule has 0 radical (unpaired) electrons. The first kappa shape index (κ1) is 13.4. The summed E-state index contributed by atoms with van der Waals surface area (Å²) in [6, 6.07) is 0.256. The van der Waals surface area contributed by atoms with E-state index in [2.05, 4.69) is 17.2 Å². The number of hydrogen-bond acceptors (Lipinski definition) is 5. The van der Waals surface area contributed by atoms with Crippen LogP contribution in [0.1, 0.15) is 49.6 Å². The summed E-state index contributed by atoms with van der Waals surface area (Å²) < 4.78 is 13.0. The second kappa shape index (κ2) is 5.44. The molecule has 1 saturated heterocycles. The van der Waals surface area contributed by atoms with Crippen LogP contribution in [0.4, 0.5) is 5.95 Å². The number of imidazole rings is 1. The van der Waals surface area contributed by atoms with Gasteiger partial charge in [-0.05, 0) is 33.1 Å². The normalized spacial score (nSPS) is 28.8. The summed E-state index contributed by atoms with van der Waals surface area (Å²) >= 11 is 0. The molecule has 20 heavy (non-hydrogen) atoms. The lowest BCUT2D eigenvalue weighted by Crippen LogP contribution is -2.31. The van der Waals surface area contributed by atoms with Gasteiger partial charge in [0.1, 0.15) is 0 Å². The van der Waals surface area contributed by atoms with Gasteiger partial charge in [0.2, 0.25) is 5.95 Å². The molecule has 110 valence electrons. The molecule has 3 rings (SSSR count). The van der Waals surface area contributed by atoms with Crippen molar-refractivity contribution in [2.45, 2.75) is 51.4 Å². The summed E-state index contributed by atoms with van der Waals surface area (Å²) in [5.41, 5.74) is 0.368. The maximum Gasteiger partial charge on any atom is 0.358 e. The Labute approximate surface area is 118 Å². The van der Waals surface area contributed by atoms with E-state index in [-0.39, 0.29) is 18.1 Å². The molecule has 0 saturated carbocycles. The Bertz CT molecular complexity index is 500. The second-order valence-corrected chi connectivity index (χ2v) is 5.42. The quantitative estimate of drug-likeness (QED) is 0.857. The van der Waals surface area contributed by atoms with Gasteiger partial charge in [-0.15, -0.1) is 0 Å². The van der Waals surface area contributed by atoms with E-state index in [0.717, 1.165) is 31.8 Å². The van der Waals surface area contributed by atoms with Gasteiger partial charge >= 0.3 is 5.97 Å². The van der Waals surface area contributed by atoms with Crippen molar-refractivity contribution in [1.82, 2.24) is 9.55 Å². The smallest absolute Gasteiger partial charge is 0.358 e. The molecule has 6 nitrogen and oxygen atoms in total. The molecule has 0 amide bonds. The molecule has 1 N–H and O–H groups in total. The van der Waals surface area contributed by atoms with Crippen molar-refractivity contribution in [3.05, 3.63) is 11.9 Å². The number of esters is 1. The van der Waals surface area contributed by atoms with Crippen LogP contribution in [0.15, 0.2) is 6.20 Å². The van der Waals surface area contributed by atoms with Crippen LogP contribution in [-0.2, 0) is 9.47 Å². The Morgan fingerprint density at radius 2 is 2.40 bits per heavy atom. The minimum Gasteiger partial charge on any atom is -0.461 e. The van der Waals surface area contributed by atoms with E-state index in [4.69, 9.17) is 9.47 Å². The van der Waals surface area contributed by atoms with Crippen LogP contribution in [0, 0.1) is 0 Å². The Morgan fingerprint density at radius 1 is 1.55 bits per heavy atom. The van der Waals surface area contributed by atoms with Gasteiger partial charge in [0.15, 0.2) is 5.69 Å². The monoisotopic (exact) mass is 279 g/mol. The van der Waals surface area contributed by atoms with Crippen molar-refractivity contribution >= 4 is 11.9 Å². The number of ether oxygens (including phenoxy) is 2. The number of fused-ring (bicyclic) bond motifs is 1. The molecule has 3 heterocycles. The molecule has 3 atom stereocenters. The third-order valence-electron chi connectivity index (χ3n) is 3.99. The van der Waals surface area contributed by atoms with E-state index in [1.165, 1.54) is 0 Å². The average molecular weight is 279 g/mol. The molecule has 0 aliphatic carbocycles. The largest absolute Gasteiger partial charge is 0.461 e. The summed E-state index contributed by atoms with van der Waals surface area (Å²) in [5.74, 6) is 0.378. The number of rotatable bonds is 3. The molecular weight excluding hydrogens is 258 g/mol. The molecule has 6 heteroatoms. The minimum atomic E-state index is -0.365. The van der Waals surface area contributed by atoms with Gasteiger partial charge in [0, 0.05) is 12.7 Å². The summed E-state index contributed by atoms with van der Waals surface area (Å²) in [6.45, 7) is 5.13. The van der Waals surface area contributed by atoms with E-state index < -0.39 is 0 Å². The fraction of sp³-hybridized carbons (Fsp3) is 0.714. The molecule has 2 aliphatic heterocycles. The van der Waals surface area contributed by atoms with Gasteiger partial charge in [-0.25, -0.2) is 9.78 Å². The maximum absolute atomic E-state index is 11.8. The van der Waals surface area contributed by atoms with Crippen molar-refractivity contribution in [2.75, 3.05) is 18.5 Å². The van der Waals surface area contributed by atoms with Crippen LogP contribution in [0.5, 0.6) is 0 Å². The van der Waals surface area contributed by atoms with Gasteiger partial charge in [0.25, 0.3) is 0 Å². The fourth-order valence-electron chi connectivity index (χ4n) is 3.03. The van der Waals surface area contributed by atoms with Crippen LogP contribution >= 0.6 is 0 Å². The number of aromatic nitrogens is 2. The van der Waals surface area contributed by atoms with E-state index in [9.17, 15) is 4.79 Å². The van der Waals surface area contributed by atoms with Crippen LogP contribution in [-0.4, -0.2) is 40.9 Å². The zero-order chi connectivity index (χ0) is 14.1. The fourth-order valence-corrected chi connectivity index (χ4v) is 3.03. The van der Waals surface area contributed by atoms with Gasteiger partial charge in [0.05, 0.1) is 24.9 Å². The summed E-state index contributed by atoms with van der Waals surface area (Å²) in [5, 5.41) is 3.23. The first-order chi connectivity index (χ1) is 9.69. The van der Waals surface area contributed by atoms with E-state index in [0.29, 0.717) is 18.4 Å². The lowest BCUT2D eigenvalue weighted by atomic mass is 10.0. The molecular formula is C14H21N3O3. The topological polar surface area (TPSA) is 65.4 Å². The highest BCUT2D eigenvalue weighted by Gasteiger charge is 2.34. The second-order valence-electron chi connectivity index (χ2n) is 5.42. The van der Waals surface area contributed by atoms with E-state index in [1.807, 2.05) is 4.57 Å². The SMILES string of the molecule is CCOC(=O)c1cn2c(n1)NCCC2C1CCC(C)O1. The highest BCUT2D eigenvalue weighted by atomic mass is 16.5. The molecule has 0 spiro atoms. The summed E-state index contributed by atoms with van der Waals surface area (Å²) in [7, 11) is 0. The van der Waals surface area contributed by atoms with Gasteiger partial charge in [-0.1, -0.05) is 0 Å². The van der Waals surface area contributed by atoms with Crippen LogP contribution in [0.25, 0.3) is 0 Å². The molecule has 1 aromatic heterocycles. The highest BCUT2D eigenvalue weighted by Crippen LogP contribution is 2.34. The predicted molar refractivity (Wildman–Crippen MR) is 73.9 cm³/mol. The highest BCUT2D eigenvalue weighted by molar-refractivity contribution is 5.87. The van der Waals surface area contributed by atoms with Crippen molar-refractivity contribution in [3.8, 4) is 0 Å². The first-order valence-corrected chi connectivity index (χ1v) is 7.34. The van der Waals surface area contributed by atoms with Gasteiger partial charge in [-0.2, -0.15) is 0 Å². The number of hydrogen-bond donors (Lipinski definition) is 1. The van der Waals surface area contributed by atoms with Crippen molar-refractivity contribution in [1.29, 1.82) is 0 Å². The first-order valence-electron chi connectivity index (χ1n) is 7.34. The number of anilines is 1.